The van der Waals surface area contributed by atoms with E-state index in [0.717, 1.165) is 0 Å². The molecule has 5 nitrogen and oxygen atoms in total. The van der Waals surface area contributed by atoms with Crippen molar-refractivity contribution in [2.75, 3.05) is 0 Å². The van der Waals surface area contributed by atoms with E-state index in [1.54, 1.807) is 54.6 Å². The molecule has 27 heavy (non-hydrogen) atoms. The standard InChI is InChI=1S/C21H17FN2O3/c22-18-11-5-4-9-16(18)13-19(21(26)23-14-17-10-6-12-27-17)24-20(25)15-7-2-1-3-8-15/h1-13H,14H2,(H,23,26)(H,24,25). The SMILES string of the molecule is O=C(NCc1ccco1)C(=Cc1ccccc1F)NC(=O)c1ccccc1. The van der Waals surface area contributed by atoms with Gasteiger partial charge in [-0.2, -0.15) is 0 Å². The van der Waals surface area contributed by atoms with Gasteiger partial charge in [0.1, 0.15) is 17.3 Å². The summed E-state index contributed by atoms with van der Waals surface area (Å²) in [7, 11) is 0. The molecule has 0 bridgehead atoms. The number of furan rings is 1. The van der Waals surface area contributed by atoms with Crippen LogP contribution in [0.3, 0.4) is 0 Å². The molecule has 1 heterocycles. The second-order valence-corrected chi connectivity index (χ2v) is 5.66. The molecule has 0 atom stereocenters. The van der Waals surface area contributed by atoms with Crippen LogP contribution in [-0.4, -0.2) is 11.8 Å². The van der Waals surface area contributed by atoms with Gasteiger partial charge in [-0.15, -0.1) is 0 Å². The summed E-state index contributed by atoms with van der Waals surface area (Å²) in [6.45, 7) is 0.141. The van der Waals surface area contributed by atoms with E-state index < -0.39 is 17.6 Å². The molecule has 2 amide bonds. The summed E-state index contributed by atoms with van der Waals surface area (Å²) in [6.07, 6.45) is 2.79. The summed E-state index contributed by atoms with van der Waals surface area (Å²) >= 11 is 0. The first-order valence-electron chi connectivity index (χ1n) is 8.26. The lowest BCUT2D eigenvalue weighted by Crippen LogP contribution is -2.34. The molecule has 1 aromatic heterocycles. The maximum atomic E-state index is 14.0. The molecular weight excluding hydrogens is 347 g/mol. The summed E-state index contributed by atoms with van der Waals surface area (Å²) in [5.41, 5.74) is 0.505. The third-order valence-corrected chi connectivity index (χ3v) is 3.74. The largest absolute Gasteiger partial charge is 0.467 e. The Hall–Kier alpha value is -3.67. The Morgan fingerprint density at radius 3 is 2.41 bits per heavy atom. The van der Waals surface area contributed by atoms with Crippen LogP contribution in [0.2, 0.25) is 0 Å². The molecule has 0 unspecified atom stereocenters. The topological polar surface area (TPSA) is 71.3 Å². The van der Waals surface area contributed by atoms with E-state index in [1.807, 2.05) is 0 Å². The van der Waals surface area contributed by atoms with Crippen molar-refractivity contribution < 1.29 is 18.4 Å². The van der Waals surface area contributed by atoms with E-state index in [1.165, 1.54) is 24.5 Å². The fourth-order valence-corrected chi connectivity index (χ4v) is 2.37. The van der Waals surface area contributed by atoms with Crippen molar-refractivity contribution in [2.24, 2.45) is 0 Å². The van der Waals surface area contributed by atoms with Gasteiger partial charge in [0.15, 0.2) is 0 Å². The molecule has 2 aromatic carbocycles. The van der Waals surface area contributed by atoms with Crippen molar-refractivity contribution in [3.63, 3.8) is 0 Å². The van der Waals surface area contributed by atoms with Crippen LogP contribution in [0.15, 0.2) is 83.1 Å². The summed E-state index contributed by atoms with van der Waals surface area (Å²) < 4.78 is 19.1. The van der Waals surface area contributed by atoms with Crippen molar-refractivity contribution in [2.45, 2.75) is 6.54 Å². The Bertz CT molecular complexity index is 951. The van der Waals surface area contributed by atoms with Gasteiger partial charge in [0, 0.05) is 11.1 Å². The molecule has 6 heteroatoms. The number of nitrogens with one attached hydrogen (secondary N) is 2. The van der Waals surface area contributed by atoms with E-state index >= 15 is 0 Å². The van der Waals surface area contributed by atoms with Crippen LogP contribution in [0.25, 0.3) is 6.08 Å². The Balaban J connectivity index is 1.83. The molecule has 136 valence electrons. The van der Waals surface area contributed by atoms with Crippen LogP contribution in [0.4, 0.5) is 4.39 Å². The van der Waals surface area contributed by atoms with Gasteiger partial charge in [0.2, 0.25) is 0 Å². The van der Waals surface area contributed by atoms with Crippen molar-refractivity contribution in [3.8, 4) is 0 Å². The summed E-state index contributed by atoms with van der Waals surface area (Å²) in [5, 5.41) is 5.20. The molecule has 0 saturated carbocycles. The first kappa shape index (κ1) is 18.1. The predicted molar refractivity (Wildman–Crippen MR) is 98.8 cm³/mol. The minimum Gasteiger partial charge on any atom is -0.467 e. The van der Waals surface area contributed by atoms with Crippen LogP contribution < -0.4 is 10.6 Å². The molecule has 2 N–H and O–H groups in total. The van der Waals surface area contributed by atoms with Gasteiger partial charge in [0.25, 0.3) is 11.8 Å². The highest BCUT2D eigenvalue weighted by atomic mass is 19.1. The molecule has 0 spiro atoms. The lowest BCUT2D eigenvalue weighted by molar-refractivity contribution is -0.118. The van der Waals surface area contributed by atoms with Gasteiger partial charge >= 0.3 is 0 Å². The normalized spacial score (nSPS) is 11.1. The van der Waals surface area contributed by atoms with E-state index in [9.17, 15) is 14.0 Å². The summed E-state index contributed by atoms with van der Waals surface area (Å²) in [5.74, 6) is -0.962. The highest BCUT2D eigenvalue weighted by Crippen LogP contribution is 2.12. The van der Waals surface area contributed by atoms with Crippen LogP contribution >= 0.6 is 0 Å². The van der Waals surface area contributed by atoms with E-state index in [2.05, 4.69) is 10.6 Å². The smallest absolute Gasteiger partial charge is 0.268 e. The molecule has 0 aliphatic rings. The predicted octanol–water partition coefficient (Wildman–Crippen LogP) is 3.51. The number of carbonyl (C=O) groups excluding carboxylic acids is 2. The van der Waals surface area contributed by atoms with Crippen LogP contribution in [0.1, 0.15) is 21.7 Å². The second-order valence-electron chi connectivity index (χ2n) is 5.66. The van der Waals surface area contributed by atoms with Gasteiger partial charge in [-0.1, -0.05) is 36.4 Å². The first-order valence-corrected chi connectivity index (χ1v) is 8.26. The van der Waals surface area contributed by atoms with Crippen LogP contribution in [0, 0.1) is 5.82 Å². The van der Waals surface area contributed by atoms with Gasteiger partial charge in [0.05, 0.1) is 12.8 Å². The molecule has 3 rings (SSSR count). The summed E-state index contributed by atoms with van der Waals surface area (Å²) in [6, 6.07) is 17.9. The molecule has 0 aliphatic heterocycles. The number of halogens is 1. The maximum Gasteiger partial charge on any atom is 0.268 e. The third kappa shape index (κ3) is 4.92. The van der Waals surface area contributed by atoms with Gasteiger partial charge < -0.3 is 15.1 Å². The number of carbonyl (C=O) groups is 2. The van der Waals surface area contributed by atoms with E-state index in [0.29, 0.717) is 11.3 Å². The number of rotatable bonds is 6. The van der Waals surface area contributed by atoms with Crippen molar-refractivity contribution in [3.05, 3.63) is 101 Å². The Labute approximate surface area is 155 Å². The zero-order valence-corrected chi connectivity index (χ0v) is 14.3. The van der Waals surface area contributed by atoms with Gasteiger partial charge in [-0.3, -0.25) is 9.59 Å². The molecule has 0 radical (unpaired) electrons. The number of hydrogen-bond donors (Lipinski definition) is 2. The average molecular weight is 364 g/mol. The monoisotopic (exact) mass is 364 g/mol. The summed E-state index contributed by atoms with van der Waals surface area (Å²) in [4.78, 5) is 25.0. The third-order valence-electron chi connectivity index (χ3n) is 3.74. The zero-order valence-electron chi connectivity index (χ0n) is 14.3. The number of benzene rings is 2. The highest BCUT2D eigenvalue weighted by molar-refractivity contribution is 6.05. The molecule has 0 saturated heterocycles. The maximum absolute atomic E-state index is 14.0. The van der Waals surface area contributed by atoms with Crippen LogP contribution in [0.5, 0.6) is 0 Å². The van der Waals surface area contributed by atoms with Gasteiger partial charge in [-0.05, 0) is 36.4 Å². The quantitative estimate of drug-likeness (QED) is 0.658. The fraction of sp³-hybridized carbons (Fsp3) is 0.0476. The Kier molecular flexibility index (Phi) is 5.79. The highest BCUT2D eigenvalue weighted by Gasteiger charge is 2.15. The first-order chi connectivity index (χ1) is 13.1. The molecule has 0 fully saturated rings. The van der Waals surface area contributed by atoms with E-state index in [4.69, 9.17) is 4.42 Å². The minimum absolute atomic E-state index is 0.0690. The van der Waals surface area contributed by atoms with Crippen molar-refractivity contribution in [1.82, 2.24) is 10.6 Å². The van der Waals surface area contributed by atoms with E-state index in [-0.39, 0.29) is 17.8 Å². The second kappa shape index (κ2) is 8.62. The van der Waals surface area contributed by atoms with Crippen molar-refractivity contribution >= 4 is 17.9 Å². The number of amides is 2. The fourth-order valence-electron chi connectivity index (χ4n) is 2.37. The molecule has 3 aromatic rings. The minimum atomic E-state index is -0.557. The molecular formula is C21H17FN2O3. The average Bonchev–Trinajstić information content (AvgIpc) is 3.21. The zero-order chi connectivity index (χ0) is 19.1. The van der Waals surface area contributed by atoms with Crippen molar-refractivity contribution in [1.29, 1.82) is 0 Å². The van der Waals surface area contributed by atoms with Gasteiger partial charge in [-0.25, -0.2) is 4.39 Å². The lowest BCUT2D eigenvalue weighted by Gasteiger charge is -2.11. The molecule has 0 aliphatic carbocycles. The number of hydrogen-bond acceptors (Lipinski definition) is 3. The Morgan fingerprint density at radius 1 is 0.963 bits per heavy atom. The lowest BCUT2D eigenvalue weighted by atomic mass is 10.1. The Morgan fingerprint density at radius 2 is 1.70 bits per heavy atom. The van der Waals surface area contributed by atoms with Crippen LogP contribution in [-0.2, 0) is 11.3 Å².